The Balaban J connectivity index is 1.61. The lowest BCUT2D eigenvalue weighted by atomic mass is 10.0. The van der Waals surface area contributed by atoms with E-state index in [0.717, 1.165) is 18.4 Å². The Morgan fingerprint density at radius 3 is 2.54 bits per heavy atom. The Morgan fingerprint density at radius 2 is 1.85 bits per heavy atom. The van der Waals surface area contributed by atoms with E-state index in [-0.39, 0.29) is 12.0 Å². The van der Waals surface area contributed by atoms with Gasteiger partial charge in [-0.25, -0.2) is 8.78 Å². The molecule has 1 aliphatic heterocycles. The van der Waals surface area contributed by atoms with Crippen LogP contribution in [0.25, 0.3) is 0 Å². The Labute approximate surface area is 148 Å². The molecule has 1 amide bonds. The van der Waals surface area contributed by atoms with Gasteiger partial charge in [0.05, 0.1) is 6.04 Å². The third kappa shape index (κ3) is 3.16. The molecule has 2 aromatic rings. The molecule has 5 nitrogen and oxygen atoms in total. The van der Waals surface area contributed by atoms with Crippen molar-refractivity contribution >= 4 is 5.91 Å². The summed E-state index contributed by atoms with van der Waals surface area (Å²) < 4.78 is 38.2. The van der Waals surface area contributed by atoms with E-state index in [2.05, 4.69) is 5.32 Å². The predicted molar refractivity (Wildman–Crippen MR) is 88.4 cm³/mol. The molecule has 1 fully saturated rings. The van der Waals surface area contributed by atoms with Gasteiger partial charge >= 0.3 is 0 Å². The van der Waals surface area contributed by atoms with Crippen molar-refractivity contribution in [2.24, 2.45) is 5.92 Å². The third-order valence-corrected chi connectivity index (χ3v) is 4.57. The van der Waals surface area contributed by atoms with Crippen molar-refractivity contribution < 1.29 is 28.2 Å². The Hall–Kier alpha value is -2.83. The van der Waals surface area contributed by atoms with Crippen LogP contribution in [-0.2, 0) is 0 Å². The highest BCUT2D eigenvalue weighted by molar-refractivity contribution is 5.97. The summed E-state index contributed by atoms with van der Waals surface area (Å²) >= 11 is 0. The summed E-state index contributed by atoms with van der Waals surface area (Å²) in [5, 5.41) is 12.5. The van der Waals surface area contributed by atoms with E-state index < -0.39 is 28.9 Å². The number of ether oxygens (including phenoxy) is 2. The summed E-state index contributed by atoms with van der Waals surface area (Å²) in [4.78, 5) is 12.5. The molecule has 4 rings (SSSR count). The van der Waals surface area contributed by atoms with Crippen LogP contribution in [0.5, 0.6) is 17.2 Å². The van der Waals surface area contributed by atoms with Crippen molar-refractivity contribution in [3.05, 3.63) is 53.1 Å². The second-order valence-electron chi connectivity index (χ2n) is 6.47. The minimum absolute atomic E-state index is 0.215. The van der Waals surface area contributed by atoms with Crippen LogP contribution in [0.1, 0.15) is 34.8 Å². The Kier molecular flexibility index (Phi) is 4.14. The molecule has 2 N–H and O–H groups in total. The predicted octanol–water partition coefficient (Wildman–Crippen LogP) is 3.32. The highest BCUT2D eigenvalue weighted by Crippen LogP contribution is 2.43. The lowest BCUT2D eigenvalue weighted by Gasteiger charge is -2.23. The van der Waals surface area contributed by atoms with E-state index in [0.29, 0.717) is 36.8 Å². The number of rotatable bonds is 4. The average molecular weight is 361 g/mol. The molecule has 1 aliphatic carbocycles. The first-order chi connectivity index (χ1) is 12.5. The van der Waals surface area contributed by atoms with Gasteiger partial charge in [-0.2, -0.15) is 0 Å². The molecule has 1 heterocycles. The number of carbonyl (C=O) groups excluding carboxylic acids is 1. The fraction of sp³-hybridized carbons (Fsp3) is 0.316. The number of hydrogen-bond donors (Lipinski definition) is 2. The highest BCUT2D eigenvalue weighted by atomic mass is 19.1. The number of aromatic hydroxyl groups is 1. The molecule has 0 radical (unpaired) electrons. The second-order valence-corrected chi connectivity index (χ2v) is 6.47. The van der Waals surface area contributed by atoms with Crippen molar-refractivity contribution in [1.82, 2.24) is 5.32 Å². The number of halogens is 2. The van der Waals surface area contributed by atoms with Gasteiger partial charge in [-0.1, -0.05) is 6.07 Å². The summed E-state index contributed by atoms with van der Waals surface area (Å²) in [6, 6.07) is 6.35. The van der Waals surface area contributed by atoms with Crippen LogP contribution in [0.15, 0.2) is 30.3 Å². The van der Waals surface area contributed by atoms with Gasteiger partial charge in [0.25, 0.3) is 5.91 Å². The molecular formula is C19H17F2NO4. The maximum Gasteiger partial charge on any atom is 0.258 e. The van der Waals surface area contributed by atoms with Crippen molar-refractivity contribution in [1.29, 1.82) is 0 Å². The van der Waals surface area contributed by atoms with Crippen LogP contribution in [0.2, 0.25) is 0 Å². The number of phenols is 1. The number of phenolic OH excluding ortho intramolecular Hbond substituents is 1. The van der Waals surface area contributed by atoms with Crippen LogP contribution in [-0.4, -0.2) is 24.2 Å². The smallest absolute Gasteiger partial charge is 0.258 e. The molecule has 136 valence electrons. The van der Waals surface area contributed by atoms with Gasteiger partial charge in [0.1, 0.15) is 36.2 Å². The van der Waals surface area contributed by atoms with Crippen molar-refractivity contribution in [3.63, 3.8) is 0 Å². The quantitative estimate of drug-likeness (QED) is 0.877. The maximum atomic E-state index is 14.0. The zero-order valence-corrected chi connectivity index (χ0v) is 13.8. The van der Waals surface area contributed by atoms with Crippen LogP contribution < -0.4 is 14.8 Å². The Bertz CT molecular complexity index is 844. The number of amides is 1. The van der Waals surface area contributed by atoms with Gasteiger partial charge in [-0.15, -0.1) is 0 Å². The van der Waals surface area contributed by atoms with Crippen molar-refractivity contribution in [2.45, 2.75) is 18.9 Å². The van der Waals surface area contributed by atoms with E-state index >= 15 is 0 Å². The maximum absolute atomic E-state index is 14.0. The SMILES string of the molecule is O=C(NC(c1ccc2c(c1)OCCO2)C1CC1)c1c(O)cc(F)cc1F. The molecule has 1 unspecified atom stereocenters. The molecule has 0 saturated heterocycles. The van der Waals surface area contributed by atoms with Crippen molar-refractivity contribution in [3.8, 4) is 17.2 Å². The molecule has 26 heavy (non-hydrogen) atoms. The topological polar surface area (TPSA) is 67.8 Å². The van der Waals surface area contributed by atoms with E-state index in [1.165, 1.54) is 0 Å². The zero-order valence-electron chi connectivity index (χ0n) is 13.8. The zero-order chi connectivity index (χ0) is 18.3. The number of hydrogen-bond acceptors (Lipinski definition) is 4. The molecule has 0 bridgehead atoms. The fourth-order valence-corrected chi connectivity index (χ4v) is 3.15. The van der Waals surface area contributed by atoms with E-state index in [4.69, 9.17) is 9.47 Å². The van der Waals surface area contributed by atoms with Gasteiger partial charge in [0, 0.05) is 12.1 Å². The minimum atomic E-state index is -1.10. The lowest BCUT2D eigenvalue weighted by molar-refractivity contribution is 0.0924. The summed E-state index contributed by atoms with van der Waals surface area (Å²) in [5.74, 6) is -2.10. The lowest BCUT2D eigenvalue weighted by Crippen LogP contribution is -2.30. The number of fused-ring (bicyclic) bond motifs is 1. The van der Waals surface area contributed by atoms with Gasteiger partial charge in [0.15, 0.2) is 11.5 Å². The number of benzene rings is 2. The second kappa shape index (κ2) is 6.48. The third-order valence-electron chi connectivity index (χ3n) is 4.57. The number of nitrogens with one attached hydrogen (secondary N) is 1. The molecule has 1 atom stereocenters. The van der Waals surface area contributed by atoms with Gasteiger partial charge in [-0.3, -0.25) is 4.79 Å². The first-order valence-electron chi connectivity index (χ1n) is 8.41. The molecule has 0 aromatic heterocycles. The summed E-state index contributed by atoms with van der Waals surface area (Å²) in [7, 11) is 0. The summed E-state index contributed by atoms with van der Waals surface area (Å²) in [6.45, 7) is 0.934. The van der Waals surface area contributed by atoms with E-state index in [1.807, 2.05) is 6.07 Å². The van der Waals surface area contributed by atoms with Gasteiger partial charge in [0.2, 0.25) is 0 Å². The molecule has 1 saturated carbocycles. The number of carbonyl (C=O) groups is 1. The minimum Gasteiger partial charge on any atom is -0.507 e. The summed E-state index contributed by atoms with van der Waals surface area (Å²) in [5.41, 5.74) is 0.252. The average Bonchev–Trinajstić information content (AvgIpc) is 3.43. The van der Waals surface area contributed by atoms with E-state index in [9.17, 15) is 18.7 Å². The molecular weight excluding hydrogens is 344 g/mol. The Morgan fingerprint density at radius 1 is 1.12 bits per heavy atom. The molecule has 0 spiro atoms. The monoisotopic (exact) mass is 361 g/mol. The van der Waals surface area contributed by atoms with Gasteiger partial charge in [-0.05, 0) is 36.5 Å². The first-order valence-corrected chi connectivity index (χ1v) is 8.41. The molecule has 2 aliphatic rings. The largest absolute Gasteiger partial charge is 0.507 e. The van der Waals surface area contributed by atoms with Gasteiger partial charge < -0.3 is 19.9 Å². The van der Waals surface area contributed by atoms with E-state index in [1.54, 1.807) is 12.1 Å². The molecule has 2 aromatic carbocycles. The highest BCUT2D eigenvalue weighted by Gasteiger charge is 2.35. The molecule has 7 heteroatoms. The standard InChI is InChI=1S/C19H17F2NO4/c20-12-8-13(21)17(14(23)9-12)19(24)22-18(10-1-2-10)11-3-4-15-16(7-11)26-6-5-25-15/h3-4,7-10,18,23H,1-2,5-6H2,(H,22,24). The van der Waals surface area contributed by atoms with Crippen LogP contribution >= 0.6 is 0 Å². The van der Waals surface area contributed by atoms with Crippen molar-refractivity contribution in [2.75, 3.05) is 13.2 Å². The summed E-state index contributed by atoms with van der Waals surface area (Å²) in [6.07, 6.45) is 1.86. The fourth-order valence-electron chi connectivity index (χ4n) is 3.15. The first kappa shape index (κ1) is 16.6. The van der Waals surface area contributed by atoms with Crippen LogP contribution in [0.4, 0.5) is 8.78 Å². The van der Waals surface area contributed by atoms with Crippen LogP contribution in [0, 0.1) is 17.6 Å². The normalized spacial score (nSPS) is 16.8. The van der Waals surface area contributed by atoms with Crippen LogP contribution in [0.3, 0.4) is 0 Å².